The summed E-state index contributed by atoms with van der Waals surface area (Å²) < 4.78 is 7.54. The number of carbonyl (C=O) groups is 1. The Morgan fingerprint density at radius 1 is 1.00 bits per heavy atom. The van der Waals surface area contributed by atoms with Gasteiger partial charge in [-0.1, -0.05) is 62.6 Å². The highest BCUT2D eigenvalue weighted by molar-refractivity contribution is 5.97. The summed E-state index contributed by atoms with van der Waals surface area (Å²) in [5, 5.41) is 3.09. The van der Waals surface area contributed by atoms with E-state index in [-0.39, 0.29) is 5.91 Å². The molecule has 4 heteroatoms. The molecule has 1 heterocycles. The molecule has 0 fully saturated rings. The van der Waals surface area contributed by atoms with Gasteiger partial charge in [0.05, 0.1) is 18.4 Å². The van der Waals surface area contributed by atoms with Gasteiger partial charge in [0.2, 0.25) is 0 Å². The topological polar surface area (TPSA) is 43.3 Å². The van der Waals surface area contributed by atoms with Crippen LogP contribution in [0.1, 0.15) is 48.7 Å². The van der Waals surface area contributed by atoms with Crippen LogP contribution in [-0.4, -0.2) is 24.1 Å². The summed E-state index contributed by atoms with van der Waals surface area (Å²) in [7, 11) is 1.66. The van der Waals surface area contributed by atoms with Crippen molar-refractivity contribution in [1.82, 2.24) is 9.88 Å². The molecule has 0 aliphatic rings. The SMILES string of the molecule is CCCCCCNC(=O)c1cc(-c2ccccc2)n(-c2cccc(OC)c2)c1C. The van der Waals surface area contributed by atoms with Crippen molar-refractivity contribution in [2.45, 2.75) is 39.5 Å². The highest BCUT2D eigenvalue weighted by Crippen LogP contribution is 2.30. The molecule has 0 saturated carbocycles. The molecular formula is C25H30N2O2. The van der Waals surface area contributed by atoms with E-state index in [0.717, 1.165) is 41.2 Å². The molecular weight excluding hydrogens is 360 g/mol. The Bertz CT molecular complexity index is 945. The highest BCUT2D eigenvalue weighted by atomic mass is 16.5. The number of benzene rings is 2. The number of rotatable bonds is 9. The highest BCUT2D eigenvalue weighted by Gasteiger charge is 2.19. The first kappa shape index (κ1) is 20.7. The predicted molar refractivity (Wildman–Crippen MR) is 119 cm³/mol. The second kappa shape index (κ2) is 9.97. The van der Waals surface area contributed by atoms with E-state index >= 15 is 0 Å². The van der Waals surface area contributed by atoms with Crippen LogP contribution < -0.4 is 10.1 Å². The number of unbranched alkanes of at least 4 members (excludes halogenated alkanes) is 3. The zero-order chi connectivity index (χ0) is 20.6. The van der Waals surface area contributed by atoms with Gasteiger partial charge in [0.15, 0.2) is 0 Å². The van der Waals surface area contributed by atoms with Crippen molar-refractivity contribution in [2.24, 2.45) is 0 Å². The van der Waals surface area contributed by atoms with Gasteiger partial charge in [-0.3, -0.25) is 4.79 Å². The normalized spacial score (nSPS) is 10.7. The van der Waals surface area contributed by atoms with E-state index in [0.29, 0.717) is 12.1 Å². The fraction of sp³-hybridized carbons (Fsp3) is 0.320. The number of hydrogen-bond acceptors (Lipinski definition) is 2. The molecule has 152 valence electrons. The third kappa shape index (κ3) is 4.89. The van der Waals surface area contributed by atoms with Crippen LogP contribution in [0.4, 0.5) is 0 Å². The minimum absolute atomic E-state index is 0.0159. The van der Waals surface area contributed by atoms with Crippen molar-refractivity contribution in [2.75, 3.05) is 13.7 Å². The smallest absolute Gasteiger partial charge is 0.253 e. The van der Waals surface area contributed by atoms with Crippen molar-refractivity contribution in [1.29, 1.82) is 0 Å². The van der Waals surface area contributed by atoms with Gasteiger partial charge in [0, 0.05) is 24.0 Å². The Kier molecular flexibility index (Phi) is 7.12. The van der Waals surface area contributed by atoms with Gasteiger partial charge in [-0.25, -0.2) is 0 Å². The van der Waals surface area contributed by atoms with Crippen LogP contribution in [0.25, 0.3) is 16.9 Å². The van der Waals surface area contributed by atoms with Crippen LogP contribution in [0.15, 0.2) is 60.7 Å². The van der Waals surface area contributed by atoms with Gasteiger partial charge in [-0.15, -0.1) is 0 Å². The van der Waals surface area contributed by atoms with E-state index in [2.05, 4.69) is 28.9 Å². The van der Waals surface area contributed by atoms with Crippen LogP contribution >= 0.6 is 0 Å². The van der Waals surface area contributed by atoms with Gasteiger partial charge in [-0.2, -0.15) is 0 Å². The van der Waals surface area contributed by atoms with Crippen LogP contribution in [0.2, 0.25) is 0 Å². The summed E-state index contributed by atoms with van der Waals surface area (Å²) in [4.78, 5) is 12.9. The van der Waals surface area contributed by atoms with Crippen molar-refractivity contribution in [3.05, 3.63) is 71.9 Å². The summed E-state index contributed by atoms with van der Waals surface area (Å²) in [6, 6.07) is 20.1. The van der Waals surface area contributed by atoms with Crippen molar-refractivity contribution >= 4 is 5.91 Å². The number of ether oxygens (including phenoxy) is 1. The maximum atomic E-state index is 12.9. The number of aromatic nitrogens is 1. The second-order valence-corrected chi connectivity index (χ2v) is 7.25. The second-order valence-electron chi connectivity index (χ2n) is 7.25. The molecule has 1 N–H and O–H groups in total. The molecule has 3 rings (SSSR count). The van der Waals surface area contributed by atoms with E-state index in [9.17, 15) is 4.79 Å². The number of nitrogens with zero attached hydrogens (tertiary/aromatic N) is 1. The number of carbonyl (C=O) groups excluding carboxylic acids is 1. The Hall–Kier alpha value is -3.01. The zero-order valence-electron chi connectivity index (χ0n) is 17.6. The van der Waals surface area contributed by atoms with Gasteiger partial charge in [-0.05, 0) is 37.1 Å². The lowest BCUT2D eigenvalue weighted by Crippen LogP contribution is -2.24. The molecule has 2 aromatic carbocycles. The lowest BCUT2D eigenvalue weighted by atomic mass is 10.1. The standard InChI is InChI=1S/C25H30N2O2/c1-4-5-6-10-16-26-25(28)23-18-24(20-12-8-7-9-13-20)27(19(23)2)21-14-11-15-22(17-21)29-3/h7-9,11-15,17-18H,4-6,10,16H2,1-3H3,(H,26,28). The quantitative estimate of drug-likeness (QED) is 0.471. The van der Waals surface area contributed by atoms with Crippen LogP contribution in [0, 0.1) is 6.92 Å². The third-order valence-corrected chi connectivity index (χ3v) is 5.19. The van der Waals surface area contributed by atoms with E-state index in [4.69, 9.17) is 4.74 Å². The number of methoxy groups -OCH3 is 1. The molecule has 4 nitrogen and oxygen atoms in total. The summed E-state index contributed by atoms with van der Waals surface area (Å²) >= 11 is 0. The molecule has 0 radical (unpaired) electrons. The Labute approximate surface area is 173 Å². The van der Waals surface area contributed by atoms with Crippen molar-refractivity contribution in [3.8, 4) is 22.7 Å². The maximum absolute atomic E-state index is 12.9. The molecule has 3 aromatic rings. The Balaban J connectivity index is 1.97. The maximum Gasteiger partial charge on any atom is 0.253 e. The largest absolute Gasteiger partial charge is 0.497 e. The van der Waals surface area contributed by atoms with Crippen LogP contribution in [0.3, 0.4) is 0 Å². The molecule has 0 saturated heterocycles. The summed E-state index contributed by atoms with van der Waals surface area (Å²) in [5.74, 6) is 0.773. The van der Waals surface area contributed by atoms with Crippen LogP contribution in [-0.2, 0) is 0 Å². The first-order valence-corrected chi connectivity index (χ1v) is 10.4. The van der Waals surface area contributed by atoms with Crippen molar-refractivity contribution in [3.63, 3.8) is 0 Å². The fourth-order valence-corrected chi connectivity index (χ4v) is 3.59. The van der Waals surface area contributed by atoms with E-state index in [1.807, 2.05) is 55.5 Å². The first-order valence-electron chi connectivity index (χ1n) is 10.4. The van der Waals surface area contributed by atoms with Gasteiger partial charge < -0.3 is 14.6 Å². The first-order chi connectivity index (χ1) is 14.2. The Morgan fingerprint density at radius 2 is 1.79 bits per heavy atom. The lowest BCUT2D eigenvalue weighted by Gasteiger charge is -2.13. The average Bonchev–Trinajstić information content (AvgIpc) is 3.11. The number of amides is 1. The van der Waals surface area contributed by atoms with Gasteiger partial charge in [0.1, 0.15) is 5.75 Å². The average molecular weight is 391 g/mol. The molecule has 0 unspecified atom stereocenters. The monoisotopic (exact) mass is 390 g/mol. The number of nitrogens with one attached hydrogen (secondary N) is 1. The number of hydrogen-bond donors (Lipinski definition) is 1. The van der Waals surface area contributed by atoms with E-state index in [1.165, 1.54) is 12.8 Å². The van der Waals surface area contributed by atoms with Crippen LogP contribution in [0.5, 0.6) is 5.75 Å². The van der Waals surface area contributed by atoms with Crippen molar-refractivity contribution < 1.29 is 9.53 Å². The molecule has 0 aliphatic heterocycles. The fourth-order valence-electron chi connectivity index (χ4n) is 3.59. The predicted octanol–water partition coefficient (Wildman–Crippen LogP) is 5.77. The minimum Gasteiger partial charge on any atom is -0.497 e. The molecule has 1 amide bonds. The van der Waals surface area contributed by atoms with Gasteiger partial charge in [0.25, 0.3) is 5.91 Å². The molecule has 0 atom stereocenters. The Morgan fingerprint density at radius 3 is 2.52 bits per heavy atom. The summed E-state index contributed by atoms with van der Waals surface area (Å²) in [6.07, 6.45) is 4.56. The zero-order valence-corrected chi connectivity index (χ0v) is 17.6. The molecule has 0 aliphatic carbocycles. The van der Waals surface area contributed by atoms with E-state index < -0.39 is 0 Å². The molecule has 1 aromatic heterocycles. The lowest BCUT2D eigenvalue weighted by molar-refractivity contribution is 0.0952. The van der Waals surface area contributed by atoms with E-state index in [1.54, 1.807) is 7.11 Å². The summed E-state index contributed by atoms with van der Waals surface area (Å²) in [6.45, 7) is 4.90. The molecule has 0 bridgehead atoms. The third-order valence-electron chi connectivity index (χ3n) is 5.19. The minimum atomic E-state index is -0.0159. The van der Waals surface area contributed by atoms with Gasteiger partial charge >= 0.3 is 0 Å². The molecule has 0 spiro atoms. The molecule has 29 heavy (non-hydrogen) atoms. The summed E-state index contributed by atoms with van der Waals surface area (Å²) in [5.41, 5.74) is 4.67.